The predicted octanol–water partition coefficient (Wildman–Crippen LogP) is 2.72. The van der Waals surface area contributed by atoms with E-state index in [9.17, 15) is 0 Å². The van der Waals surface area contributed by atoms with Crippen LogP contribution in [0.2, 0.25) is 0 Å². The van der Waals surface area contributed by atoms with Crippen molar-refractivity contribution >= 4 is 13.5 Å². The molecular weight excluding hydrogens is 140 g/mol. The van der Waals surface area contributed by atoms with Gasteiger partial charge < -0.3 is 0 Å². The highest BCUT2D eigenvalue weighted by molar-refractivity contribution is 7.59. The van der Waals surface area contributed by atoms with E-state index in [1.165, 1.54) is 16.7 Å². The highest BCUT2D eigenvalue weighted by Gasteiger charge is 1.91. The van der Waals surface area contributed by atoms with Crippen LogP contribution >= 0.6 is 13.5 Å². The van der Waals surface area contributed by atoms with Crippen molar-refractivity contribution in [2.75, 3.05) is 0 Å². The molecule has 0 radical (unpaired) electrons. The molecule has 0 spiro atoms. The maximum Gasteiger partial charge on any atom is -0.0392 e. The van der Waals surface area contributed by atoms with Gasteiger partial charge in [0.05, 0.1) is 0 Å². The van der Waals surface area contributed by atoms with Gasteiger partial charge in [0, 0.05) is 0 Å². The summed E-state index contributed by atoms with van der Waals surface area (Å²) in [6, 6.07) is 6.38. The van der Waals surface area contributed by atoms with Gasteiger partial charge in [0.1, 0.15) is 0 Å². The lowest BCUT2D eigenvalue weighted by Crippen LogP contribution is -1.82. The molecule has 1 heteroatoms. The third-order valence-electron chi connectivity index (χ3n) is 1.88. The monoisotopic (exact) mass is 154 g/mol. The molecule has 0 bridgehead atoms. The molecule has 1 aromatic carbocycles. The third-order valence-corrected chi connectivity index (χ3v) is 1.88. The van der Waals surface area contributed by atoms with Crippen molar-refractivity contribution in [3.05, 3.63) is 34.9 Å². The molecule has 0 nitrogen and oxygen atoms in total. The Hall–Kier alpha value is -0.430. The summed E-state index contributed by atoms with van der Waals surface area (Å²) in [5.41, 5.74) is 4.18. The topological polar surface area (TPSA) is 0 Å². The van der Waals surface area contributed by atoms with Crippen molar-refractivity contribution < 1.29 is 0 Å². The molecule has 0 aliphatic heterocycles. The Labute approximate surface area is 69.7 Å². The summed E-state index contributed by atoms with van der Waals surface area (Å²) < 4.78 is 0. The van der Waals surface area contributed by atoms with Gasteiger partial charge in [-0.1, -0.05) is 18.2 Å². The average Bonchev–Trinajstić information content (AvgIpc) is 1.83. The first-order valence-electron chi connectivity index (χ1n) is 3.24. The van der Waals surface area contributed by atoms with Crippen LogP contribution in [0.15, 0.2) is 18.2 Å². The molecule has 0 aromatic heterocycles. The Balaban J connectivity index is 0.000000810. The van der Waals surface area contributed by atoms with Crippen molar-refractivity contribution in [2.24, 2.45) is 0 Å². The van der Waals surface area contributed by atoms with E-state index in [1.54, 1.807) is 0 Å². The van der Waals surface area contributed by atoms with Gasteiger partial charge in [0.25, 0.3) is 0 Å². The van der Waals surface area contributed by atoms with Crippen molar-refractivity contribution in [2.45, 2.75) is 20.8 Å². The Morgan fingerprint density at radius 3 is 1.60 bits per heavy atom. The third kappa shape index (κ3) is 1.77. The van der Waals surface area contributed by atoms with Crippen LogP contribution in [0.4, 0.5) is 0 Å². The Bertz CT molecular complexity index is 196. The average molecular weight is 154 g/mol. The molecule has 56 valence electrons. The van der Waals surface area contributed by atoms with Crippen molar-refractivity contribution in [1.82, 2.24) is 0 Å². The zero-order valence-electron chi connectivity index (χ0n) is 6.73. The van der Waals surface area contributed by atoms with E-state index in [-0.39, 0.29) is 13.5 Å². The molecule has 0 saturated carbocycles. The zero-order valence-corrected chi connectivity index (χ0v) is 7.73. The van der Waals surface area contributed by atoms with Crippen LogP contribution in [0.25, 0.3) is 0 Å². The highest BCUT2D eigenvalue weighted by atomic mass is 32.1. The molecule has 0 aliphatic rings. The SMILES string of the molecule is Cc1cccc(C)c1C.S. The van der Waals surface area contributed by atoms with Crippen LogP contribution < -0.4 is 0 Å². The van der Waals surface area contributed by atoms with E-state index >= 15 is 0 Å². The van der Waals surface area contributed by atoms with Crippen LogP contribution in [-0.2, 0) is 0 Å². The van der Waals surface area contributed by atoms with Crippen LogP contribution in [0, 0.1) is 20.8 Å². The Kier molecular flexibility index (Phi) is 3.51. The van der Waals surface area contributed by atoms with E-state index in [1.807, 2.05) is 0 Å². The van der Waals surface area contributed by atoms with Crippen molar-refractivity contribution in [1.29, 1.82) is 0 Å². The second-order valence-corrected chi connectivity index (χ2v) is 2.52. The fraction of sp³-hybridized carbons (Fsp3) is 0.333. The minimum atomic E-state index is 0. The molecule has 0 heterocycles. The first-order chi connectivity index (χ1) is 4.22. The summed E-state index contributed by atoms with van der Waals surface area (Å²) in [6.07, 6.45) is 0. The predicted molar refractivity (Wildman–Crippen MR) is 51.0 cm³/mol. The summed E-state index contributed by atoms with van der Waals surface area (Å²) in [5, 5.41) is 0. The second-order valence-electron chi connectivity index (χ2n) is 2.52. The number of hydrogen-bond donors (Lipinski definition) is 0. The maximum atomic E-state index is 2.16. The fourth-order valence-corrected chi connectivity index (χ4v) is 0.898. The van der Waals surface area contributed by atoms with Gasteiger partial charge in [0.15, 0.2) is 0 Å². The van der Waals surface area contributed by atoms with Gasteiger partial charge in [-0.2, -0.15) is 13.5 Å². The summed E-state index contributed by atoms with van der Waals surface area (Å²) in [7, 11) is 0. The molecule has 0 atom stereocenters. The molecule has 0 unspecified atom stereocenters. The van der Waals surface area contributed by atoms with E-state index in [2.05, 4.69) is 39.0 Å². The molecule has 0 fully saturated rings. The lowest BCUT2D eigenvalue weighted by atomic mass is 10.1. The molecular formula is C9H14S. The quantitative estimate of drug-likeness (QED) is 0.539. The van der Waals surface area contributed by atoms with Crippen LogP contribution in [0.3, 0.4) is 0 Å². The smallest absolute Gasteiger partial charge is 0.0392 e. The van der Waals surface area contributed by atoms with Crippen LogP contribution in [0.5, 0.6) is 0 Å². The van der Waals surface area contributed by atoms with Gasteiger partial charge in [-0.3, -0.25) is 0 Å². The number of aryl methyl sites for hydroxylation is 2. The van der Waals surface area contributed by atoms with Crippen molar-refractivity contribution in [3.63, 3.8) is 0 Å². The highest BCUT2D eigenvalue weighted by Crippen LogP contribution is 2.09. The summed E-state index contributed by atoms with van der Waals surface area (Å²) in [4.78, 5) is 0. The summed E-state index contributed by atoms with van der Waals surface area (Å²) in [6.45, 7) is 6.44. The minimum Gasteiger partial charge on any atom is -0.197 e. The minimum absolute atomic E-state index is 0. The Morgan fingerprint density at radius 1 is 0.900 bits per heavy atom. The van der Waals surface area contributed by atoms with Crippen LogP contribution in [-0.4, -0.2) is 0 Å². The number of hydrogen-bond acceptors (Lipinski definition) is 0. The lowest BCUT2D eigenvalue weighted by molar-refractivity contribution is 1.27. The first kappa shape index (κ1) is 9.57. The normalized spacial score (nSPS) is 8.70. The molecule has 0 N–H and O–H groups in total. The first-order valence-corrected chi connectivity index (χ1v) is 3.24. The second kappa shape index (κ2) is 3.67. The standard InChI is InChI=1S/C9H12.H2S/c1-7-5-4-6-8(2)9(7)3;/h4-6H,1-3H3;1H2. The van der Waals surface area contributed by atoms with E-state index < -0.39 is 0 Å². The van der Waals surface area contributed by atoms with Crippen molar-refractivity contribution in [3.8, 4) is 0 Å². The van der Waals surface area contributed by atoms with Gasteiger partial charge in [-0.15, -0.1) is 0 Å². The molecule has 0 aliphatic carbocycles. The van der Waals surface area contributed by atoms with Gasteiger partial charge in [-0.25, -0.2) is 0 Å². The largest absolute Gasteiger partial charge is 0.197 e. The van der Waals surface area contributed by atoms with E-state index in [0.29, 0.717) is 0 Å². The number of rotatable bonds is 0. The van der Waals surface area contributed by atoms with E-state index in [4.69, 9.17) is 0 Å². The van der Waals surface area contributed by atoms with Crippen LogP contribution in [0.1, 0.15) is 16.7 Å². The molecule has 0 amide bonds. The fourth-order valence-electron chi connectivity index (χ4n) is 0.898. The summed E-state index contributed by atoms with van der Waals surface area (Å²) in [5.74, 6) is 0. The molecule has 10 heavy (non-hydrogen) atoms. The van der Waals surface area contributed by atoms with Gasteiger partial charge in [0.2, 0.25) is 0 Å². The Morgan fingerprint density at radius 2 is 1.30 bits per heavy atom. The number of benzene rings is 1. The summed E-state index contributed by atoms with van der Waals surface area (Å²) >= 11 is 0. The molecule has 1 rings (SSSR count). The van der Waals surface area contributed by atoms with E-state index in [0.717, 1.165) is 0 Å². The molecule has 0 saturated heterocycles. The van der Waals surface area contributed by atoms with Gasteiger partial charge >= 0.3 is 0 Å². The van der Waals surface area contributed by atoms with Gasteiger partial charge in [-0.05, 0) is 37.5 Å². The lowest BCUT2D eigenvalue weighted by Gasteiger charge is -2.00. The maximum absolute atomic E-state index is 2.16. The zero-order chi connectivity index (χ0) is 6.85. The molecule has 1 aromatic rings.